The molecule has 3 rings (SSSR count). The van der Waals surface area contributed by atoms with Gasteiger partial charge in [-0.1, -0.05) is 6.92 Å². The van der Waals surface area contributed by atoms with E-state index in [-0.39, 0.29) is 5.95 Å². The fourth-order valence-electron chi connectivity index (χ4n) is 2.63. The van der Waals surface area contributed by atoms with Gasteiger partial charge in [0.15, 0.2) is 0 Å². The van der Waals surface area contributed by atoms with Crippen LogP contribution in [0.4, 0.5) is 11.9 Å². The first kappa shape index (κ1) is 15.7. The molecule has 3 heterocycles. The van der Waals surface area contributed by atoms with E-state index >= 15 is 0 Å². The van der Waals surface area contributed by atoms with Gasteiger partial charge in [-0.15, -0.1) is 0 Å². The van der Waals surface area contributed by atoms with E-state index in [1.165, 1.54) is 0 Å². The Morgan fingerprint density at radius 1 is 1.17 bits per heavy atom. The average Bonchev–Trinajstić information content (AvgIpc) is 3.07. The first-order chi connectivity index (χ1) is 11.2. The molecular weight excluding hydrogens is 294 g/mol. The van der Waals surface area contributed by atoms with Crippen LogP contribution in [0.5, 0.6) is 0 Å². The van der Waals surface area contributed by atoms with E-state index in [0.717, 1.165) is 38.5 Å². The number of anilines is 2. The zero-order chi connectivity index (χ0) is 16.1. The van der Waals surface area contributed by atoms with Gasteiger partial charge >= 0.3 is 0 Å². The van der Waals surface area contributed by atoms with E-state index < -0.39 is 0 Å². The second kappa shape index (κ2) is 7.38. The van der Waals surface area contributed by atoms with Crippen molar-refractivity contribution in [2.24, 2.45) is 0 Å². The number of aromatic nitrogens is 3. The molecule has 0 saturated carbocycles. The van der Waals surface area contributed by atoms with E-state index in [1.54, 1.807) is 6.26 Å². The number of nitrogens with two attached hydrogens (primary N) is 1. The minimum Gasteiger partial charge on any atom is -0.467 e. The quantitative estimate of drug-likeness (QED) is 0.807. The summed E-state index contributed by atoms with van der Waals surface area (Å²) in [7, 11) is 0. The molecule has 1 aliphatic heterocycles. The van der Waals surface area contributed by atoms with Gasteiger partial charge in [0.05, 0.1) is 19.4 Å². The Bertz CT molecular complexity index is 608. The van der Waals surface area contributed by atoms with Gasteiger partial charge in [0.2, 0.25) is 11.9 Å². The molecule has 1 saturated heterocycles. The molecule has 0 atom stereocenters. The average molecular weight is 317 g/mol. The number of likely N-dealkylation sites (N-methyl/N-ethyl adjacent to an activating group) is 1. The van der Waals surface area contributed by atoms with Crippen molar-refractivity contribution in [2.45, 2.75) is 20.0 Å². The summed E-state index contributed by atoms with van der Waals surface area (Å²) in [5.74, 6) is 2.24. The van der Waals surface area contributed by atoms with E-state index in [4.69, 9.17) is 10.2 Å². The summed E-state index contributed by atoms with van der Waals surface area (Å²) in [6, 6.07) is 3.74. The maximum absolute atomic E-state index is 5.80. The van der Waals surface area contributed by atoms with Crippen LogP contribution >= 0.6 is 0 Å². The summed E-state index contributed by atoms with van der Waals surface area (Å²) in [6.45, 7) is 8.72. The second-order valence-electron chi connectivity index (χ2n) is 5.58. The van der Waals surface area contributed by atoms with Crippen molar-refractivity contribution in [3.05, 3.63) is 30.0 Å². The van der Waals surface area contributed by atoms with Gasteiger partial charge in [-0.05, 0) is 18.7 Å². The molecule has 0 spiro atoms. The van der Waals surface area contributed by atoms with Crippen LogP contribution in [0.2, 0.25) is 0 Å². The van der Waals surface area contributed by atoms with Crippen LogP contribution in [0.1, 0.15) is 18.5 Å². The van der Waals surface area contributed by atoms with Crippen molar-refractivity contribution in [3.8, 4) is 0 Å². The molecule has 8 heteroatoms. The zero-order valence-electron chi connectivity index (χ0n) is 13.4. The standard InChI is InChI=1S/C15H23N7O/c1-2-21-5-7-22(8-6-21)11-13-18-14(16)20-15(19-13)17-10-12-4-3-9-23-12/h3-4,9H,2,5-8,10-11H2,1H3,(H3,16,17,18,19,20). The van der Waals surface area contributed by atoms with Crippen molar-refractivity contribution >= 4 is 11.9 Å². The highest BCUT2D eigenvalue weighted by Gasteiger charge is 2.17. The Morgan fingerprint density at radius 2 is 1.96 bits per heavy atom. The van der Waals surface area contributed by atoms with Crippen LogP contribution in [0.3, 0.4) is 0 Å². The van der Waals surface area contributed by atoms with Crippen LogP contribution in [0, 0.1) is 0 Å². The summed E-state index contributed by atoms with van der Waals surface area (Å²) in [4.78, 5) is 17.6. The summed E-state index contributed by atoms with van der Waals surface area (Å²) >= 11 is 0. The smallest absolute Gasteiger partial charge is 0.228 e. The number of nitrogen functional groups attached to an aromatic ring is 1. The normalized spacial score (nSPS) is 16.6. The third kappa shape index (κ3) is 4.40. The molecular formula is C15H23N7O. The van der Waals surface area contributed by atoms with Gasteiger partial charge in [0.1, 0.15) is 11.6 Å². The van der Waals surface area contributed by atoms with Crippen LogP contribution in [0.25, 0.3) is 0 Å². The van der Waals surface area contributed by atoms with Crippen molar-refractivity contribution in [3.63, 3.8) is 0 Å². The largest absolute Gasteiger partial charge is 0.467 e. The number of nitrogens with zero attached hydrogens (tertiary/aromatic N) is 5. The number of hydrogen-bond acceptors (Lipinski definition) is 8. The fraction of sp³-hybridized carbons (Fsp3) is 0.533. The number of nitrogens with one attached hydrogen (secondary N) is 1. The SMILES string of the molecule is CCN1CCN(Cc2nc(N)nc(NCc3ccco3)n2)CC1. The maximum Gasteiger partial charge on any atom is 0.228 e. The fourth-order valence-corrected chi connectivity index (χ4v) is 2.63. The van der Waals surface area contributed by atoms with E-state index in [9.17, 15) is 0 Å². The van der Waals surface area contributed by atoms with Gasteiger partial charge in [-0.2, -0.15) is 15.0 Å². The highest BCUT2D eigenvalue weighted by atomic mass is 16.3. The first-order valence-corrected chi connectivity index (χ1v) is 7.94. The summed E-state index contributed by atoms with van der Waals surface area (Å²) in [5, 5.41) is 3.12. The molecule has 124 valence electrons. The Hall–Kier alpha value is -2.19. The maximum atomic E-state index is 5.80. The Balaban J connectivity index is 1.59. The third-order valence-electron chi connectivity index (χ3n) is 3.98. The first-order valence-electron chi connectivity index (χ1n) is 7.94. The van der Waals surface area contributed by atoms with E-state index in [0.29, 0.717) is 24.9 Å². The van der Waals surface area contributed by atoms with Crippen LogP contribution in [-0.4, -0.2) is 57.5 Å². The molecule has 0 aromatic carbocycles. The molecule has 0 radical (unpaired) electrons. The van der Waals surface area contributed by atoms with Crippen LogP contribution < -0.4 is 11.1 Å². The van der Waals surface area contributed by atoms with Gasteiger partial charge < -0.3 is 20.4 Å². The number of hydrogen-bond donors (Lipinski definition) is 2. The highest BCUT2D eigenvalue weighted by Crippen LogP contribution is 2.10. The van der Waals surface area contributed by atoms with E-state index in [1.807, 2.05) is 12.1 Å². The van der Waals surface area contributed by atoms with Gasteiger partial charge in [-0.3, -0.25) is 4.90 Å². The predicted octanol–water partition coefficient (Wildman–Crippen LogP) is 0.796. The lowest BCUT2D eigenvalue weighted by atomic mass is 10.3. The van der Waals surface area contributed by atoms with Crippen LogP contribution in [-0.2, 0) is 13.1 Å². The zero-order valence-corrected chi connectivity index (χ0v) is 13.4. The monoisotopic (exact) mass is 317 g/mol. The van der Waals surface area contributed by atoms with Crippen molar-refractivity contribution in [1.29, 1.82) is 0 Å². The lowest BCUT2D eigenvalue weighted by molar-refractivity contribution is 0.129. The molecule has 8 nitrogen and oxygen atoms in total. The van der Waals surface area contributed by atoms with Gasteiger partial charge in [0, 0.05) is 26.2 Å². The number of furan rings is 1. The molecule has 3 N–H and O–H groups in total. The Morgan fingerprint density at radius 3 is 2.65 bits per heavy atom. The molecule has 1 fully saturated rings. The van der Waals surface area contributed by atoms with Crippen molar-refractivity contribution < 1.29 is 4.42 Å². The lowest BCUT2D eigenvalue weighted by Crippen LogP contribution is -2.45. The molecule has 1 aliphatic rings. The topological polar surface area (TPSA) is 96.3 Å². The summed E-state index contributed by atoms with van der Waals surface area (Å²) in [6.07, 6.45) is 1.64. The minimum absolute atomic E-state index is 0.240. The van der Waals surface area contributed by atoms with Crippen molar-refractivity contribution in [1.82, 2.24) is 24.8 Å². The lowest BCUT2D eigenvalue weighted by Gasteiger charge is -2.33. The molecule has 2 aromatic heterocycles. The van der Waals surface area contributed by atoms with Crippen molar-refractivity contribution in [2.75, 3.05) is 43.8 Å². The summed E-state index contributed by atoms with van der Waals surface area (Å²) < 4.78 is 5.28. The number of piperazine rings is 1. The third-order valence-corrected chi connectivity index (χ3v) is 3.98. The molecule has 0 amide bonds. The molecule has 2 aromatic rings. The van der Waals surface area contributed by atoms with Gasteiger partial charge in [-0.25, -0.2) is 0 Å². The second-order valence-corrected chi connectivity index (χ2v) is 5.58. The van der Waals surface area contributed by atoms with Gasteiger partial charge in [0.25, 0.3) is 0 Å². The summed E-state index contributed by atoms with van der Waals surface area (Å²) in [5.41, 5.74) is 5.80. The Kier molecular flexibility index (Phi) is 5.04. The molecule has 0 bridgehead atoms. The Labute approximate surface area is 135 Å². The molecule has 0 aliphatic carbocycles. The highest BCUT2D eigenvalue weighted by molar-refractivity contribution is 5.31. The van der Waals surface area contributed by atoms with E-state index in [2.05, 4.69) is 37.0 Å². The molecule has 23 heavy (non-hydrogen) atoms. The molecule has 0 unspecified atom stereocenters. The predicted molar refractivity (Wildman–Crippen MR) is 87.7 cm³/mol. The number of rotatable bonds is 6. The minimum atomic E-state index is 0.240. The van der Waals surface area contributed by atoms with Crippen LogP contribution in [0.15, 0.2) is 22.8 Å².